The van der Waals surface area contributed by atoms with E-state index in [1.54, 1.807) is 0 Å². The number of hydrogen-bond acceptors (Lipinski definition) is 2. The van der Waals surface area contributed by atoms with E-state index < -0.39 is 0 Å². The number of nitrogens with zero attached hydrogens (tertiary/aromatic N) is 1. The first kappa shape index (κ1) is 14.0. The topological polar surface area (TPSA) is 32.3 Å². The van der Waals surface area contributed by atoms with Crippen molar-refractivity contribution in [2.24, 2.45) is 0 Å². The zero-order chi connectivity index (χ0) is 13.2. The summed E-state index contributed by atoms with van der Waals surface area (Å²) in [6.45, 7) is 9.68. The second-order valence-corrected chi connectivity index (χ2v) is 5.61. The molecule has 4 heteroatoms. The van der Waals surface area contributed by atoms with Crippen LogP contribution in [0.2, 0.25) is 0 Å². The third kappa shape index (κ3) is 4.02. The largest absolute Gasteiger partial charge is 0.270 e. The van der Waals surface area contributed by atoms with Crippen molar-refractivity contribution in [2.75, 3.05) is 0 Å². The molecule has 0 aliphatic carbocycles. The maximum absolute atomic E-state index is 12.0. The molecule has 0 fully saturated rings. The fraction of sp³-hybridized carbons (Fsp3) is 0.462. The summed E-state index contributed by atoms with van der Waals surface area (Å²) in [5.74, 6) is -0.193. The number of aryl methyl sites for hydroxylation is 2. The second kappa shape index (κ2) is 5.07. The Hall–Kier alpha value is -1.06. The van der Waals surface area contributed by atoms with E-state index in [9.17, 15) is 4.79 Å². The lowest BCUT2D eigenvalue weighted by atomic mass is 10.1. The number of hydrazine groups is 1. The van der Waals surface area contributed by atoms with E-state index in [4.69, 9.17) is 11.8 Å². The molecule has 0 atom stereocenters. The Kier molecular flexibility index (Phi) is 4.17. The minimum absolute atomic E-state index is 0.193. The first-order valence-corrected chi connectivity index (χ1v) is 5.89. The fourth-order valence-electron chi connectivity index (χ4n) is 1.43. The molecule has 0 unspecified atom stereocenters. The zero-order valence-corrected chi connectivity index (χ0v) is 11.7. The monoisotopic (exact) mass is 254 g/mol. The van der Waals surface area contributed by atoms with Crippen molar-refractivity contribution in [3.63, 3.8) is 0 Å². The predicted octanol–water partition coefficient (Wildman–Crippen LogP) is 3.20. The van der Waals surface area contributed by atoms with Gasteiger partial charge in [-0.1, -0.05) is 17.2 Å². The highest BCUT2D eigenvalue weighted by Gasteiger charge is 2.21. The van der Waals surface area contributed by atoms with Crippen molar-refractivity contribution >= 4 is 17.7 Å². The minimum Gasteiger partial charge on any atom is -0.270 e. The van der Waals surface area contributed by atoms with E-state index in [0.717, 1.165) is 11.1 Å². The van der Waals surface area contributed by atoms with Crippen LogP contribution in [0.3, 0.4) is 0 Å². The Morgan fingerprint density at radius 3 is 2.06 bits per heavy atom. The Morgan fingerprint density at radius 1 is 1.18 bits per heavy atom. The molecule has 1 rings (SSSR count). The third-order valence-electron chi connectivity index (χ3n) is 2.27. The van der Waals surface area contributed by atoms with Crippen molar-refractivity contribution in [3.8, 4) is 0 Å². The van der Waals surface area contributed by atoms with Crippen molar-refractivity contribution in [1.29, 1.82) is 0 Å². The lowest BCUT2D eigenvalue weighted by Gasteiger charge is -2.28. The molecule has 1 aromatic carbocycles. The summed E-state index contributed by atoms with van der Waals surface area (Å²) in [7, 11) is 0. The summed E-state index contributed by atoms with van der Waals surface area (Å²) >= 11 is 5.98. The molecule has 1 aromatic rings. The molecule has 0 aliphatic heterocycles. The number of carbonyl (C=O) groups is 1. The van der Waals surface area contributed by atoms with Crippen molar-refractivity contribution in [2.45, 2.75) is 40.2 Å². The number of rotatable bonds is 2. The van der Waals surface area contributed by atoms with Crippen molar-refractivity contribution < 1.29 is 4.79 Å². The highest BCUT2D eigenvalue weighted by atomic mass is 35.5. The highest BCUT2D eigenvalue weighted by Crippen LogP contribution is 2.14. The molecule has 17 heavy (non-hydrogen) atoms. The van der Waals surface area contributed by atoms with Gasteiger partial charge in [0.1, 0.15) is 0 Å². The first-order valence-electron chi connectivity index (χ1n) is 5.55. The van der Waals surface area contributed by atoms with Gasteiger partial charge in [-0.15, -0.1) is 4.53 Å². The summed E-state index contributed by atoms with van der Waals surface area (Å²) < 4.78 is 1.30. The molecule has 0 saturated heterocycles. The van der Waals surface area contributed by atoms with Gasteiger partial charge in [0, 0.05) is 22.9 Å². The minimum atomic E-state index is -0.323. The van der Waals surface area contributed by atoms with Crippen LogP contribution in [-0.2, 0) is 0 Å². The zero-order valence-electron chi connectivity index (χ0n) is 11.0. The van der Waals surface area contributed by atoms with Gasteiger partial charge in [0.05, 0.1) is 0 Å². The lowest BCUT2D eigenvalue weighted by Crippen LogP contribution is -2.46. The average molecular weight is 255 g/mol. The Labute approximate surface area is 108 Å². The number of amides is 1. The maximum Gasteiger partial charge on any atom is 0.266 e. The van der Waals surface area contributed by atoms with E-state index in [1.165, 1.54) is 4.53 Å². The van der Waals surface area contributed by atoms with Gasteiger partial charge in [-0.3, -0.25) is 10.2 Å². The average Bonchev–Trinajstić information content (AvgIpc) is 2.14. The SMILES string of the molecule is Cc1cc(C)cc(C(=O)NN(Cl)C(C)(C)C)c1. The van der Waals surface area contributed by atoms with Crippen LogP contribution < -0.4 is 5.43 Å². The number of halogens is 1. The van der Waals surface area contributed by atoms with Gasteiger partial charge in [-0.2, -0.15) is 0 Å². The van der Waals surface area contributed by atoms with Gasteiger partial charge in [0.15, 0.2) is 0 Å². The summed E-state index contributed by atoms with van der Waals surface area (Å²) in [5, 5.41) is 0. The number of nitrogens with one attached hydrogen (secondary N) is 1. The van der Waals surface area contributed by atoms with Crippen LogP contribution in [0.15, 0.2) is 18.2 Å². The molecule has 1 N–H and O–H groups in total. The standard InChI is InChI=1S/C13H19ClN2O/c1-9-6-10(2)8-11(7-9)12(17)15-16(14)13(3,4)5/h6-8H,1-5H3,(H,15,17). The number of carbonyl (C=O) groups excluding carboxylic acids is 1. The Bertz CT molecular complexity index is 404. The maximum atomic E-state index is 12.0. The molecule has 0 bridgehead atoms. The highest BCUT2D eigenvalue weighted by molar-refractivity contribution is 6.14. The van der Waals surface area contributed by atoms with Crippen molar-refractivity contribution in [1.82, 2.24) is 9.95 Å². The number of benzene rings is 1. The summed E-state index contributed by atoms with van der Waals surface area (Å²) in [6, 6.07) is 5.71. The normalized spacial score (nSPS) is 11.7. The van der Waals surface area contributed by atoms with Gasteiger partial charge in [0.2, 0.25) is 0 Å². The second-order valence-electron chi connectivity index (χ2n) is 5.27. The molecule has 0 heterocycles. The molecule has 1 amide bonds. The van der Waals surface area contributed by atoms with Crippen LogP contribution in [0.1, 0.15) is 42.3 Å². The van der Waals surface area contributed by atoms with Gasteiger partial charge in [-0.05, 0) is 46.8 Å². The quantitative estimate of drug-likeness (QED) is 0.649. The molecule has 0 aliphatic rings. The van der Waals surface area contributed by atoms with Crippen LogP contribution >= 0.6 is 11.8 Å². The van der Waals surface area contributed by atoms with Crippen molar-refractivity contribution in [3.05, 3.63) is 34.9 Å². The first-order chi connectivity index (χ1) is 7.70. The summed E-state index contributed by atoms with van der Waals surface area (Å²) in [4.78, 5) is 12.0. The summed E-state index contributed by atoms with van der Waals surface area (Å²) in [6.07, 6.45) is 0. The Balaban J connectivity index is 2.84. The molecule has 0 saturated carbocycles. The van der Waals surface area contributed by atoms with E-state index in [1.807, 2.05) is 52.8 Å². The van der Waals surface area contributed by atoms with Gasteiger partial charge in [-0.25, -0.2) is 0 Å². The van der Waals surface area contributed by atoms with Crippen LogP contribution in [0.4, 0.5) is 0 Å². The fourth-order valence-corrected chi connectivity index (χ4v) is 1.50. The van der Waals surface area contributed by atoms with E-state index >= 15 is 0 Å². The van der Waals surface area contributed by atoms with Crippen LogP contribution in [0, 0.1) is 13.8 Å². The van der Waals surface area contributed by atoms with Crippen LogP contribution in [0.25, 0.3) is 0 Å². The molecule has 0 spiro atoms. The van der Waals surface area contributed by atoms with E-state index in [0.29, 0.717) is 5.56 Å². The lowest BCUT2D eigenvalue weighted by molar-refractivity contribution is 0.0806. The smallest absolute Gasteiger partial charge is 0.266 e. The molecule has 94 valence electrons. The summed E-state index contributed by atoms with van der Waals surface area (Å²) in [5.41, 5.74) is 5.07. The van der Waals surface area contributed by atoms with Crippen LogP contribution in [-0.4, -0.2) is 16.0 Å². The Morgan fingerprint density at radius 2 is 1.65 bits per heavy atom. The van der Waals surface area contributed by atoms with Gasteiger partial charge >= 0.3 is 0 Å². The predicted molar refractivity (Wildman–Crippen MR) is 70.8 cm³/mol. The molecular weight excluding hydrogens is 236 g/mol. The molecule has 0 aromatic heterocycles. The number of hydrogen-bond donors (Lipinski definition) is 1. The van der Waals surface area contributed by atoms with Gasteiger partial charge < -0.3 is 0 Å². The molecule has 0 radical (unpaired) electrons. The van der Waals surface area contributed by atoms with E-state index in [-0.39, 0.29) is 11.4 Å². The molecular formula is C13H19ClN2O. The third-order valence-corrected chi connectivity index (χ3v) is 2.86. The van der Waals surface area contributed by atoms with Crippen LogP contribution in [0.5, 0.6) is 0 Å². The molecule has 3 nitrogen and oxygen atoms in total. The van der Waals surface area contributed by atoms with Gasteiger partial charge in [0.25, 0.3) is 5.91 Å². The van der Waals surface area contributed by atoms with E-state index in [2.05, 4.69) is 5.43 Å².